The first-order valence-corrected chi connectivity index (χ1v) is 16.7. The maximum absolute atomic E-state index is 8.83. The molecule has 10 nitrogen and oxygen atoms in total. The Morgan fingerprint density at radius 1 is 0.259 bits per heavy atom. The average Bonchev–Trinajstić information content (AvgIpc) is 3.20. The Morgan fingerprint density at radius 3 is 0.537 bits per heavy atom. The molecule has 6 heterocycles. The summed E-state index contributed by atoms with van der Waals surface area (Å²) >= 11 is 0. The monoisotopic (exact) mass is 716 g/mol. The Morgan fingerprint density at radius 2 is 0.407 bits per heavy atom. The SMILES string of the molecule is Cc1cc(O)cc(O)c1.Cc1cc(O)cc(O)c1.c1cc(-c2ccncc2)ccn1.c1cc(-c2ccncc2)ccn1.c1cc(-c2ccncc2)ccn1. The Balaban J connectivity index is 0.000000151. The van der Waals surface area contributed by atoms with Crippen LogP contribution in [0.1, 0.15) is 11.1 Å². The van der Waals surface area contributed by atoms with Gasteiger partial charge >= 0.3 is 0 Å². The standard InChI is InChI=1S/3C10H8N2.2C7H8O2/c3*1-5-11-6-2-9(1)10-3-7-12-8-4-10;2*1-5-2-6(8)4-7(9)3-5/h3*1-8H;2*2-4,8-9H,1H3. The van der Waals surface area contributed by atoms with Crippen molar-refractivity contribution in [1.29, 1.82) is 0 Å². The van der Waals surface area contributed by atoms with Gasteiger partial charge in [0.25, 0.3) is 0 Å². The summed E-state index contributed by atoms with van der Waals surface area (Å²) in [6.45, 7) is 3.61. The molecule has 10 heteroatoms. The van der Waals surface area contributed by atoms with Gasteiger partial charge in [-0.1, -0.05) is 0 Å². The third-order valence-electron chi connectivity index (χ3n) is 7.18. The largest absolute Gasteiger partial charge is 0.508 e. The smallest absolute Gasteiger partial charge is 0.119 e. The van der Waals surface area contributed by atoms with E-state index < -0.39 is 0 Å². The molecule has 8 aromatic rings. The highest BCUT2D eigenvalue weighted by atomic mass is 16.3. The third-order valence-corrected chi connectivity index (χ3v) is 7.18. The number of aryl methyl sites for hydroxylation is 2. The highest BCUT2D eigenvalue weighted by Crippen LogP contribution is 2.20. The van der Waals surface area contributed by atoms with Crippen LogP contribution in [0.5, 0.6) is 23.0 Å². The van der Waals surface area contributed by atoms with E-state index in [2.05, 4.69) is 29.9 Å². The lowest BCUT2D eigenvalue weighted by atomic mass is 10.1. The Labute approximate surface area is 314 Å². The minimum atomic E-state index is 0.104. The molecule has 0 bridgehead atoms. The van der Waals surface area contributed by atoms with Crippen LogP contribution in [0.3, 0.4) is 0 Å². The average molecular weight is 717 g/mol. The zero-order valence-electron chi connectivity index (χ0n) is 29.8. The van der Waals surface area contributed by atoms with E-state index in [0.717, 1.165) is 11.1 Å². The van der Waals surface area contributed by atoms with E-state index in [0.29, 0.717) is 0 Å². The fourth-order valence-electron chi connectivity index (χ4n) is 4.75. The maximum Gasteiger partial charge on any atom is 0.119 e. The number of nitrogens with zero attached hydrogens (tertiary/aromatic N) is 6. The first kappa shape index (κ1) is 39.3. The molecule has 2 aromatic carbocycles. The van der Waals surface area contributed by atoms with Crippen LogP contribution in [-0.4, -0.2) is 50.3 Å². The van der Waals surface area contributed by atoms with Gasteiger partial charge in [0.2, 0.25) is 0 Å². The number of aromatic nitrogens is 6. The Hall–Kier alpha value is -7.46. The first-order valence-electron chi connectivity index (χ1n) is 16.7. The van der Waals surface area contributed by atoms with Gasteiger partial charge in [0.15, 0.2) is 0 Å². The van der Waals surface area contributed by atoms with E-state index in [9.17, 15) is 0 Å². The van der Waals surface area contributed by atoms with Crippen LogP contribution in [0.25, 0.3) is 33.4 Å². The van der Waals surface area contributed by atoms with Crippen LogP contribution in [-0.2, 0) is 0 Å². The molecule has 0 aliphatic carbocycles. The molecule has 0 spiro atoms. The molecule has 0 aliphatic heterocycles. The predicted octanol–water partition coefficient (Wildman–Crippen LogP) is 9.24. The molecule has 0 saturated carbocycles. The van der Waals surface area contributed by atoms with Crippen LogP contribution in [0.4, 0.5) is 0 Å². The van der Waals surface area contributed by atoms with Crippen molar-refractivity contribution in [2.24, 2.45) is 0 Å². The van der Waals surface area contributed by atoms with E-state index >= 15 is 0 Å². The number of phenolic OH excluding ortho intramolecular Hbond substituents is 4. The molecule has 4 N–H and O–H groups in total. The number of benzene rings is 2. The van der Waals surface area contributed by atoms with E-state index in [-0.39, 0.29) is 23.0 Å². The van der Waals surface area contributed by atoms with Crippen molar-refractivity contribution in [3.05, 3.63) is 195 Å². The lowest BCUT2D eigenvalue weighted by molar-refractivity contribution is 0.448. The van der Waals surface area contributed by atoms with Crippen LogP contribution < -0.4 is 0 Å². The topological polar surface area (TPSA) is 158 Å². The molecule has 6 aromatic heterocycles. The fourth-order valence-corrected chi connectivity index (χ4v) is 4.75. The Bertz CT molecular complexity index is 1780. The second-order valence-corrected chi connectivity index (χ2v) is 11.5. The quantitative estimate of drug-likeness (QED) is 0.139. The molecule has 0 amide bonds. The third kappa shape index (κ3) is 14.4. The molecular weight excluding hydrogens is 677 g/mol. The normalized spacial score (nSPS) is 9.59. The number of pyridine rings is 6. The van der Waals surface area contributed by atoms with Gasteiger partial charge in [-0.05, 0) is 155 Å². The fraction of sp³-hybridized carbons (Fsp3) is 0.0455. The number of phenols is 4. The van der Waals surface area contributed by atoms with Gasteiger partial charge in [-0.15, -0.1) is 0 Å². The van der Waals surface area contributed by atoms with Gasteiger partial charge in [0.1, 0.15) is 23.0 Å². The summed E-state index contributed by atoms with van der Waals surface area (Å²) in [6, 6.07) is 32.7. The van der Waals surface area contributed by atoms with Crippen molar-refractivity contribution >= 4 is 0 Å². The van der Waals surface area contributed by atoms with Gasteiger partial charge in [-0.2, -0.15) is 0 Å². The van der Waals surface area contributed by atoms with Crippen molar-refractivity contribution in [2.75, 3.05) is 0 Å². The summed E-state index contributed by atoms with van der Waals surface area (Å²) < 4.78 is 0. The minimum absolute atomic E-state index is 0.104. The number of hydrogen-bond acceptors (Lipinski definition) is 10. The molecule has 0 saturated heterocycles. The van der Waals surface area contributed by atoms with Crippen LogP contribution in [0, 0.1) is 13.8 Å². The molecule has 8 rings (SSSR count). The summed E-state index contributed by atoms with van der Waals surface area (Å²) in [5.74, 6) is 0.417. The van der Waals surface area contributed by atoms with Crippen LogP contribution in [0.15, 0.2) is 184 Å². The van der Waals surface area contributed by atoms with Gasteiger partial charge in [0.05, 0.1) is 0 Å². The number of hydrogen-bond donors (Lipinski definition) is 4. The zero-order chi connectivity index (χ0) is 38.4. The molecule has 54 heavy (non-hydrogen) atoms. The van der Waals surface area contributed by atoms with E-state index in [1.165, 1.54) is 45.5 Å². The highest BCUT2D eigenvalue weighted by Gasteiger charge is 1.96. The minimum Gasteiger partial charge on any atom is -0.508 e. The molecule has 0 unspecified atom stereocenters. The van der Waals surface area contributed by atoms with Crippen molar-refractivity contribution in [2.45, 2.75) is 13.8 Å². The molecule has 270 valence electrons. The van der Waals surface area contributed by atoms with Crippen molar-refractivity contribution in [1.82, 2.24) is 29.9 Å². The summed E-state index contributed by atoms with van der Waals surface area (Å²) in [6.07, 6.45) is 21.4. The summed E-state index contributed by atoms with van der Waals surface area (Å²) in [5, 5.41) is 35.3. The van der Waals surface area contributed by atoms with E-state index in [4.69, 9.17) is 20.4 Å². The predicted molar refractivity (Wildman–Crippen MR) is 211 cm³/mol. The highest BCUT2D eigenvalue weighted by molar-refractivity contribution is 5.63. The second kappa shape index (κ2) is 21.7. The van der Waals surface area contributed by atoms with Gasteiger partial charge in [-0.3, -0.25) is 29.9 Å². The van der Waals surface area contributed by atoms with Crippen LogP contribution in [0.2, 0.25) is 0 Å². The first-order chi connectivity index (χ1) is 26.3. The lowest BCUT2D eigenvalue weighted by Crippen LogP contribution is -1.77. The molecule has 0 fully saturated rings. The summed E-state index contributed by atoms with van der Waals surface area (Å²) in [7, 11) is 0. The van der Waals surface area contributed by atoms with E-state index in [1.54, 1.807) is 112 Å². The molecule has 0 atom stereocenters. The van der Waals surface area contributed by atoms with Crippen molar-refractivity contribution < 1.29 is 20.4 Å². The van der Waals surface area contributed by atoms with Crippen molar-refractivity contribution in [3.63, 3.8) is 0 Å². The lowest BCUT2D eigenvalue weighted by Gasteiger charge is -1.97. The number of rotatable bonds is 3. The maximum atomic E-state index is 8.83. The second-order valence-electron chi connectivity index (χ2n) is 11.5. The zero-order valence-corrected chi connectivity index (χ0v) is 29.8. The Kier molecular flexibility index (Phi) is 15.8. The summed E-state index contributed by atoms with van der Waals surface area (Å²) in [5.41, 5.74) is 8.75. The molecule has 0 radical (unpaired) electrons. The molecular formula is C44H40N6O4. The van der Waals surface area contributed by atoms with Gasteiger partial charge < -0.3 is 20.4 Å². The van der Waals surface area contributed by atoms with Crippen LogP contribution >= 0.6 is 0 Å². The molecule has 0 aliphatic rings. The van der Waals surface area contributed by atoms with Gasteiger partial charge in [0, 0.05) is 86.5 Å². The van der Waals surface area contributed by atoms with Crippen molar-refractivity contribution in [3.8, 4) is 56.4 Å². The van der Waals surface area contributed by atoms with E-state index in [1.807, 2.05) is 72.8 Å². The number of aromatic hydroxyl groups is 4. The summed E-state index contributed by atoms with van der Waals surface area (Å²) in [4.78, 5) is 23.7. The van der Waals surface area contributed by atoms with Gasteiger partial charge in [-0.25, -0.2) is 0 Å².